The van der Waals surface area contributed by atoms with Gasteiger partial charge in [-0.25, -0.2) is 0 Å². The van der Waals surface area contributed by atoms with Crippen LogP contribution in [0.2, 0.25) is 0 Å². The van der Waals surface area contributed by atoms with Crippen LogP contribution in [-0.4, -0.2) is 35.0 Å². The van der Waals surface area contributed by atoms with E-state index in [1.165, 1.54) is 4.90 Å². The molecule has 0 bridgehead atoms. The highest BCUT2D eigenvalue weighted by molar-refractivity contribution is 6.05. The van der Waals surface area contributed by atoms with Gasteiger partial charge in [-0.15, -0.1) is 0 Å². The van der Waals surface area contributed by atoms with Gasteiger partial charge in [0.25, 0.3) is 0 Å². The average molecular weight is 183 g/mol. The zero-order valence-electron chi connectivity index (χ0n) is 7.40. The number of carbonyl (C=O) groups is 2. The molecule has 0 aromatic rings. The summed E-state index contributed by atoms with van der Waals surface area (Å²) in [6.07, 6.45) is 2.67. The maximum atomic E-state index is 11.6. The van der Waals surface area contributed by atoms with Crippen molar-refractivity contribution in [1.29, 1.82) is 0 Å². The van der Waals surface area contributed by atoms with Crippen LogP contribution in [0.4, 0.5) is 0 Å². The monoisotopic (exact) mass is 183 g/mol. The molecule has 2 amide bonds. The summed E-state index contributed by atoms with van der Waals surface area (Å²) in [6, 6.07) is 0. The van der Waals surface area contributed by atoms with Crippen molar-refractivity contribution < 1.29 is 14.7 Å². The lowest BCUT2D eigenvalue weighted by Crippen LogP contribution is -2.34. The van der Waals surface area contributed by atoms with Gasteiger partial charge < -0.3 is 5.11 Å². The summed E-state index contributed by atoms with van der Waals surface area (Å²) in [6.45, 7) is 0.0432. The van der Waals surface area contributed by atoms with Crippen molar-refractivity contribution >= 4 is 11.8 Å². The fourth-order valence-corrected chi connectivity index (χ4v) is 2.38. The average Bonchev–Trinajstić information content (AvgIpc) is 2.66. The predicted molar refractivity (Wildman–Crippen MR) is 44.6 cm³/mol. The van der Waals surface area contributed by atoms with E-state index in [9.17, 15) is 9.59 Å². The lowest BCUT2D eigenvalue weighted by Gasteiger charge is -2.13. The quantitative estimate of drug-likeness (QED) is 0.601. The topological polar surface area (TPSA) is 57.6 Å². The molecule has 0 radical (unpaired) electrons. The first-order valence-electron chi connectivity index (χ1n) is 4.72. The molecule has 1 aliphatic carbocycles. The number of likely N-dealkylation sites (tertiary alicyclic amines) is 1. The zero-order chi connectivity index (χ0) is 9.42. The van der Waals surface area contributed by atoms with Gasteiger partial charge in [-0.3, -0.25) is 14.5 Å². The second-order valence-corrected chi connectivity index (χ2v) is 3.70. The Morgan fingerprint density at radius 3 is 2.23 bits per heavy atom. The Hall–Kier alpha value is -0.900. The minimum Gasteiger partial charge on any atom is -0.395 e. The normalized spacial score (nSPS) is 32.8. The molecule has 2 fully saturated rings. The molecule has 13 heavy (non-hydrogen) atoms. The Kier molecular flexibility index (Phi) is 2.07. The SMILES string of the molecule is O=C1C2CCCC2C(=O)N1CCO. The Balaban J connectivity index is 2.16. The maximum absolute atomic E-state index is 11.6. The van der Waals surface area contributed by atoms with Crippen LogP contribution < -0.4 is 0 Å². The molecule has 2 rings (SSSR count). The molecule has 72 valence electrons. The summed E-state index contributed by atoms with van der Waals surface area (Å²) in [5, 5.41) is 8.68. The van der Waals surface area contributed by atoms with E-state index in [1.54, 1.807) is 0 Å². The number of hydrogen-bond acceptors (Lipinski definition) is 3. The van der Waals surface area contributed by atoms with Crippen molar-refractivity contribution in [2.24, 2.45) is 11.8 Å². The molecule has 1 aliphatic heterocycles. The molecule has 1 saturated carbocycles. The molecule has 2 atom stereocenters. The van der Waals surface area contributed by atoms with Crippen LogP contribution in [0, 0.1) is 11.8 Å². The van der Waals surface area contributed by atoms with E-state index in [4.69, 9.17) is 5.11 Å². The standard InChI is InChI=1S/C9H13NO3/c11-5-4-10-8(12)6-2-1-3-7(6)9(10)13/h6-7,11H,1-5H2. The van der Waals surface area contributed by atoms with E-state index in [2.05, 4.69) is 0 Å². The molecule has 4 nitrogen and oxygen atoms in total. The van der Waals surface area contributed by atoms with Crippen LogP contribution in [0.5, 0.6) is 0 Å². The predicted octanol–water partition coefficient (Wildman–Crippen LogP) is -0.236. The minimum atomic E-state index is -0.128. The first-order valence-corrected chi connectivity index (χ1v) is 4.72. The van der Waals surface area contributed by atoms with Gasteiger partial charge in [0, 0.05) is 0 Å². The summed E-state index contributed by atoms with van der Waals surface area (Å²) in [5.41, 5.74) is 0. The van der Waals surface area contributed by atoms with Crippen molar-refractivity contribution in [3.05, 3.63) is 0 Å². The van der Waals surface area contributed by atoms with Crippen LogP contribution in [-0.2, 0) is 9.59 Å². The number of fused-ring (bicyclic) bond motifs is 1. The third-order valence-corrected chi connectivity index (χ3v) is 3.01. The highest BCUT2D eigenvalue weighted by Gasteiger charge is 2.49. The van der Waals surface area contributed by atoms with Gasteiger partial charge in [0.2, 0.25) is 11.8 Å². The smallest absolute Gasteiger partial charge is 0.233 e. The van der Waals surface area contributed by atoms with Crippen LogP contribution in [0.3, 0.4) is 0 Å². The van der Waals surface area contributed by atoms with E-state index in [1.807, 2.05) is 0 Å². The lowest BCUT2D eigenvalue weighted by atomic mass is 10.00. The van der Waals surface area contributed by atoms with Gasteiger partial charge in [0.1, 0.15) is 0 Å². The summed E-state index contributed by atoms with van der Waals surface area (Å²) in [7, 11) is 0. The summed E-state index contributed by atoms with van der Waals surface area (Å²) >= 11 is 0. The molecule has 1 heterocycles. The van der Waals surface area contributed by atoms with Crippen molar-refractivity contribution in [2.75, 3.05) is 13.2 Å². The number of β-amino-alcohol motifs (C(OH)–C–C–N with tert-alkyl or cyclic N) is 1. The maximum Gasteiger partial charge on any atom is 0.233 e. The summed E-state index contributed by atoms with van der Waals surface area (Å²) in [4.78, 5) is 24.4. The van der Waals surface area contributed by atoms with E-state index in [-0.39, 0.29) is 36.8 Å². The Morgan fingerprint density at radius 2 is 1.77 bits per heavy atom. The van der Waals surface area contributed by atoms with Gasteiger partial charge in [-0.05, 0) is 12.8 Å². The molecule has 0 spiro atoms. The number of hydrogen-bond donors (Lipinski definition) is 1. The molecule has 0 aromatic heterocycles. The number of carbonyl (C=O) groups excluding carboxylic acids is 2. The molecule has 4 heteroatoms. The van der Waals surface area contributed by atoms with Gasteiger partial charge in [-0.2, -0.15) is 0 Å². The molecular formula is C9H13NO3. The number of aliphatic hydroxyl groups excluding tert-OH is 1. The number of rotatable bonds is 2. The largest absolute Gasteiger partial charge is 0.395 e. The van der Waals surface area contributed by atoms with Crippen LogP contribution in [0.1, 0.15) is 19.3 Å². The molecule has 1 saturated heterocycles. The number of nitrogens with zero attached hydrogens (tertiary/aromatic N) is 1. The van der Waals surface area contributed by atoms with Gasteiger partial charge in [0.15, 0.2) is 0 Å². The van der Waals surface area contributed by atoms with Crippen molar-refractivity contribution in [1.82, 2.24) is 4.90 Å². The second kappa shape index (κ2) is 3.10. The summed E-state index contributed by atoms with van der Waals surface area (Å²) in [5.74, 6) is -0.277. The third kappa shape index (κ3) is 1.16. The van der Waals surface area contributed by atoms with Crippen molar-refractivity contribution in [2.45, 2.75) is 19.3 Å². The highest BCUT2D eigenvalue weighted by atomic mass is 16.3. The van der Waals surface area contributed by atoms with Gasteiger partial charge in [-0.1, -0.05) is 6.42 Å². The highest BCUT2D eigenvalue weighted by Crippen LogP contribution is 2.39. The molecule has 2 unspecified atom stereocenters. The molecular weight excluding hydrogens is 170 g/mol. The van der Waals surface area contributed by atoms with Crippen LogP contribution in [0.25, 0.3) is 0 Å². The first-order chi connectivity index (χ1) is 6.25. The van der Waals surface area contributed by atoms with Crippen LogP contribution >= 0.6 is 0 Å². The Morgan fingerprint density at radius 1 is 1.23 bits per heavy atom. The Labute approximate surface area is 76.5 Å². The van der Waals surface area contributed by atoms with E-state index in [0.717, 1.165) is 19.3 Å². The lowest BCUT2D eigenvalue weighted by molar-refractivity contribution is -0.140. The Bertz CT molecular complexity index is 229. The van der Waals surface area contributed by atoms with Gasteiger partial charge in [0.05, 0.1) is 25.0 Å². The van der Waals surface area contributed by atoms with Crippen LogP contribution in [0.15, 0.2) is 0 Å². The fourth-order valence-electron chi connectivity index (χ4n) is 2.38. The first kappa shape index (κ1) is 8.69. The van der Waals surface area contributed by atoms with Crippen molar-refractivity contribution in [3.8, 4) is 0 Å². The third-order valence-electron chi connectivity index (χ3n) is 3.01. The molecule has 2 aliphatic rings. The summed E-state index contributed by atoms with van der Waals surface area (Å²) < 4.78 is 0. The fraction of sp³-hybridized carbons (Fsp3) is 0.778. The number of amides is 2. The van der Waals surface area contributed by atoms with E-state index >= 15 is 0 Å². The van der Waals surface area contributed by atoms with E-state index < -0.39 is 0 Å². The van der Waals surface area contributed by atoms with Gasteiger partial charge >= 0.3 is 0 Å². The number of imide groups is 1. The second-order valence-electron chi connectivity index (χ2n) is 3.70. The number of aliphatic hydroxyl groups is 1. The zero-order valence-corrected chi connectivity index (χ0v) is 7.40. The molecule has 1 N–H and O–H groups in total. The molecule has 0 aromatic carbocycles. The van der Waals surface area contributed by atoms with Crippen molar-refractivity contribution in [3.63, 3.8) is 0 Å². The van der Waals surface area contributed by atoms with E-state index in [0.29, 0.717) is 0 Å². The minimum absolute atomic E-state index is 0.0680.